The number of hydrogen-bond donors (Lipinski definition) is 1. The lowest BCUT2D eigenvalue weighted by atomic mass is 9.98. The Morgan fingerprint density at radius 1 is 1.00 bits per heavy atom. The summed E-state index contributed by atoms with van der Waals surface area (Å²) in [5.74, 6) is 0. The molecule has 0 fully saturated rings. The molecule has 114 valence electrons. The average Bonchev–Trinajstić information content (AvgIpc) is 2.49. The first kappa shape index (κ1) is 17.2. The van der Waals surface area contributed by atoms with Crippen LogP contribution < -0.4 is 0 Å². The Morgan fingerprint density at radius 2 is 1.65 bits per heavy atom. The van der Waals surface area contributed by atoms with Crippen LogP contribution in [0.25, 0.3) is 0 Å². The summed E-state index contributed by atoms with van der Waals surface area (Å²) in [5, 5.41) is 10.3. The van der Waals surface area contributed by atoms with E-state index >= 15 is 0 Å². The lowest BCUT2D eigenvalue weighted by molar-refractivity contribution is 0.162. The Kier molecular flexibility index (Phi) is 9.31. The van der Waals surface area contributed by atoms with Gasteiger partial charge in [-0.05, 0) is 30.0 Å². The molecule has 1 aromatic rings. The highest BCUT2D eigenvalue weighted by molar-refractivity contribution is 5.25. The number of aliphatic hydroxyl groups is 1. The Labute approximate surface area is 124 Å². The fourth-order valence-corrected chi connectivity index (χ4v) is 2.69. The zero-order valence-corrected chi connectivity index (χ0v) is 13.3. The van der Waals surface area contributed by atoms with Crippen molar-refractivity contribution in [1.82, 2.24) is 4.98 Å². The molecule has 2 nitrogen and oxygen atoms in total. The molecule has 0 aliphatic rings. The largest absolute Gasteiger partial charge is 0.388 e. The maximum absolute atomic E-state index is 10.3. The molecule has 20 heavy (non-hydrogen) atoms. The number of aliphatic hydroxyl groups excluding tert-OH is 1. The van der Waals surface area contributed by atoms with E-state index in [1.54, 1.807) is 6.20 Å². The first-order valence-corrected chi connectivity index (χ1v) is 8.40. The van der Waals surface area contributed by atoms with E-state index in [0.29, 0.717) is 0 Å². The van der Waals surface area contributed by atoms with Crippen LogP contribution in [-0.2, 0) is 6.42 Å². The normalized spacial score (nSPS) is 12.6. The van der Waals surface area contributed by atoms with Crippen molar-refractivity contribution in [3.05, 3.63) is 29.6 Å². The van der Waals surface area contributed by atoms with Gasteiger partial charge in [0.25, 0.3) is 0 Å². The number of pyridine rings is 1. The molecule has 0 bridgehead atoms. The van der Waals surface area contributed by atoms with Gasteiger partial charge in [0.05, 0.1) is 6.10 Å². The number of hydrogen-bond acceptors (Lipinski definition) is 2. The van der Waals surface area contributed by atoms with E-state index in [0.717, 1.165) is 24.8 Å². The van der Waals surface area contributed by atoms with Gasteiger partial charge < -0.3 is 5.11 Å². The molecule has 0 saturated carbocycles. The molecule has 0 radical (unpaired) electrons. The second-order valence-corrected chi connectivity index (χ2v) is 5.71. The fourth-order valence-electron chi connectivity index (χ4n) is 2.69. The van der Waals surface area contributed by atoms with E-state index in [-0.39, 0.29) is 6.10 Å². The van der Waals surface area contributed by atoms with Crippen molar-refractivity contribution >= 4 is 0 Å². The zero-order valence-electron chi connectivity index (χ0n) is 13.3. The number of unbranched alkanes of at least 4 members (excludes halogenated alkanes) is 7. The SMILES string of the molecule is CCCCCCCCCCC(O)c1ccncc1CC. The average molecular weight is 277 g/mol. The molecule has 0 saturated heterocycles. The zero-order chi connectivity index (χ0) is 14.6. The van der Waals surface area contributed by atoms with Crippen molar-refractivity contribution < 1.29 is 5.11 Å². The molecule has 1 atom stereocenters. The first-order valence-electron chi connectivity index (χ1n) is 8.40. The van der Waals surface area contributed by atoms with Crippen molar-refractivity contribution in [1.29, 1.82) is 0 Å². The monoisotopic (exact) mass is 277 g/mol. The maximum atomic E-state index is 10.3. The van der Waals surface area contributed by atoms with Crippen LogP contribution in [0.1, 0.15) is 88.9 Å². The highest BCUT2D eigenvalue weighted by atomic mass is 16.3. The molecule has 1 unspecified atom stereocenters. The number of nitrogens with zero attached hydrogens (tertiary/aromatic N) is 1. The fraction of sp³-hybridized carbons (Fsp3) is 0.722. The number of aromatic nitrogens is 1. The molecule has 0 aliphatic carbocycles. The molecule has 0 aliphatic heterocycles. The Hall–Kier alpha value is -0.890. The maximum Gasteiger partial charge on any atom is 0.0793 e. The highest BCUT2D eigenvalue weighted by Crippen LogP contribution is 2.23. The van der Waals surface area contributed by atoms with Crippen LogP contribution in [0.3, 0.4) is 0 Å². The number of rotatable bonds is 11. The summed E-state index contributed by atoms with van der Waals surface area (Å²) in [6, 6.07) is 1.97. The summed E-state index contributed by atoms with van der Waals surface area (Å²) in [6.07, 6.45) is 15.7. The van der Waals surface area contributed by atoms with E-state index in [1.165, 1.54) is 50.5 Å². The van der Waals surface area contributed by atoms with E-state index in [1.807, 2.05) is 12.3 Å². The molecular formula is C18H31NO. The first-order chi connectivity index (χ1) is 9.79. The van der Waals surface area contributed by atoms with Crippen LogP contribution in [0.5, 0.6) is 0 Å². The lowest BCUT2D eigenvalue weighted by Crippen LogP contribution is -2.02. The third-order valence-corrected chi connectivity index (χ3v) is 4.01. The quantitative estimate of drug-likeness (QED) is 0.563. The molecule has 1 rings (SSSR count). The van der Waals surface area contributed by atoms with Gasteiger partial charge in [-0.1, -0.05) is 65.2 Å². The van der Waals surface area contributed by atoms with E-state index in [4.69, 9.17) is 0 Å². The van der Waals surface area contributed by atoms with Gasteiger partial charge in [-0.15, -0.1) is 0 Å². The van der Waals surface area contributed by atoms with Crippen LogP contribution >= 0.6 is 0 Å². The molecule has 2 heteroatoms. The molecule has 0 amide bonds. The van der Waals surface area contributed by atoms with Gasteiger partial charge in [-0.3, -0.25) is 4.98 Å². The predicted octanol–water partition coefficient (Wildman–Crippen LogP) is 5.21. The van der Waals surface area contributed by atoms with Gasteiger partial charge in [0.1, 0.15) is 0 Å². The van der Waals surface area contributed by atoms with Crippen molar-refractivity contribution in [2.75, 3.05) is 0 Å². The van der Waals surface area contributed by atoms with Gasteiger partial charge in [0.15, 0.2) is 0 Å². The number of aryl methyl sites for hydroxylation is 1. The topological polar surface area (TPSA) is 33.1 Å². The van der Waals surface area contributed by atoms with Crippen LogP contribution in [-0.4, -0.2) is 10.1 Å². The third-order valence-electron chi connectivity index (χ3n) is 4.01. The molecule has 1 N–H and O–H groups in total. The van der Waals surface area contributed by atoms with E-state index in [2.05, 4.69) is 18.8 Å². The second kappa shape index (κ2) is 10.8. The van der Waals surface area contributed by atoms with Gasteiger partial charge in [0, 0.05) is 12.4 Å². The minimum atomic E-state index is -0.312. The smallest absolute Gasteiger partial charge is 0.0793 e. The Bertz CT molecular complexity index is 351. The predicted molar refractivity (Wildman–Crippen MR) is 85.8 cm³/mol. The van der Waals surface area contributed by atoms with E-state index in [9.17, 15) is 5.11 Å². The summed E-state index contributed by atoms with van der Waals surface area (Å²) in [6.45, 7) is 4.37. The van der Waals surface area contributed by atoms with Crippen LogP contribution in [0, 0.1) is 0 Å². The van der Waals surface area contributed by atoms with Crippen molar-refractivity contribution in [3.63, 3.8) is 0 Å². The van der Waals surface area contributed by atoms with Crippen molar-refractivity contribution in [3.8, 4) is 0 Å². The molecule has 1 heterocycles. The summed E-state index contributed by atoms with van der Waals surface area (Å²) in [7, 11) is 0. The second-order valence-electron chi connectivity index (χ2n) is 5.71. The standard InChI is InChI=1S/C18H31NO/c1-3-5-6-7-8-9-10-11-12-18(20)17-13-14-19-15-16(17)4-2/h13-15,18,20H,3-12H2,1-2H3. The minimum Gasteiger partial charge on any atom is -0.388 e. The lowest BCUT2D eigenvalue weighted by Gasteiger charge is -2.14. The highest BCUT2D eigenvalue weighted by Gasteiger charge is 2.10. The summed E-state index contributed by atoms with van der Waals surface area (Å²) >= 11 is 0. The summed E-state index contributed by atoms with van der Waals surface area (Å²) in [5.41, 5.74) is 2.25. The van der Waals surface area contributed by atoms with Gasteiger partial charge in [-0.25, -0.2) is 0 Å². The van der Waals surface area contributed by atoms with Crippen LogP contribution in [0.2, 0.25) is 0 Å². The van der Waals surface area contributed by atoms with E-state index < -0.39 is 0 Å². The van der Waals surface area contributed by atoms with Gasteiger partial charge >= 0.3 is 0 Å². The van der Waals surface area contributed by atoms with Gasteiger partial charge in [0.2, 0.25) is 0 Å². The van der Waals surface area contributed by atoms with Crippen LogP contribution in [0.4, 0.5) is 0 Å². The third kappa shape index (κ3) is 6.51. The molecule has 0 spiro atoms. The minimum absolute atomic E-state index is 0.312. The van der Waals surface area contributed by atoms with Crippen molar-refractivity contribution in [2.24, 2.45) is 0 Å². The molecule has 0 aromatic carbocycles. The van der Waals surface area contributed by atoms with Gasteiger partial charge in [-0.2, -0.15) is 0 Å². The summed E-state index contributed by atoms with van der Waals surface area (Å²) < 4.78 is 0. The Morgan fingerprint density at radius 3 is 2.30 bits per heavy atom. The molecule has 1 aromatic heterocycles. The Balaban J connectivity index is 2.15. The summed E-state index contributed by atoms with van der Waals surface area (Å²) in [4.78, 5) is 4.13. The molecular weight excluding hydrogens is 246 g/mol. The van der Waals surface area contributed by atoms with Crippen LogP contribution in [0.15, 0.2) is 18.5 Å². The van der Waals surface area contributed by atoms with Crippen molar-refractivity contribution in [2.45, 2.75) is 84.2 Å².